The molecule has 94 valence electrons. The van der Waals surface area contributed by atoms with Gasteiger partial charge in [0.1, 0.15) is 5.75 Å². The van der Waals surface area contributed by atoms with Gasteiger partial charge in [0.2, 0.25) is 0 Å². The average Bonchev–Trinajstić information content (AvgIpc) is 2.24. The van der Waals surface area contributed by atoms with Crippen LogP contribution in [0.3, 0.4) is 0 Å². The third-order valence-electron chi connectivity index (χ3n) is 1.84. The number of aliphatic hydroxyl groups is 1. The van der Waals surface area contributed by atoms with E-state index in [0.29, 0.717) is 0 Å². The molecule has 0 spiro atoms. The number of alkyl halides is 3. The number of carbonyl (C=O) groups is 1. The number of carbonyl (C=O) groups excluding carboxylic acids is 1. The number of halogens is 3. The second kappa shape index (κ2) is 5.00. The lowest BCUT2D eigenvalue weighted by atomic mass is 10.3. The van der Waals surface area contributed by atoms with Crippen molar-refractivity contribution < 1.29 is 28.2 Å². The summed E-state index contributed by atoms with van der Waals surface area (Å²) >= 11 is 0. The summed E-state index contributed by atoms with van der Waals surface area (Å²) < 4.78 is 35.7. The van der Waals surface area contributed by atoms with Crippen LogP contribution in [-0.2, 0) is 0 Å². The predicted molar refractivity (Wildman–Crippen MR) is 50.3 cm³/mol. The summed E-state index contributed by atoms with van der Waals surface area (Å²) in [5.74, 6) is -1.45. The lowest BCUT2D eigenvalue weighted by Gasteiger charge is -2.14. The van der Waals surface area contributed by atoms with Crippen molar-refractivity contribution in [3.05, 3.63) is 24.0 Å². The Kier molecular flexibility index (Phi) is 3.89. The molecule has 5 nitrogen and oxygen atoms in total. The van der Waals surface area contributed by atoms with Gasteiger partial charge in [-0.2, -0.15) is 13.2 Å². The van der Waals surface area contributed by atoms with Gasteiger partial charge in [0, 0.05) is 6.20 Å². The Balaban J connectivity index is 2.60. The lowest BCUT2D eigenvalue weighted by Crippen LogP contribution is -2.40. The third-order valence-corrected chi connectivity index (χ3v) is 1.84. The molecule has 0 aliphatic heterocycles. The summed E-state index contributed by atoms with van der Waals surface area (Å²) in [5, 5.41) is 19.6. The summed E-state index contributed by atoms with van der Waals surface area (Å²) in [7, 11) is 0. The molecule has 0 aliphatic carbocycles. The molecule has 1 rings (SSSR count). The Morgan fingerprint density at radius 2 is 2.18 bits per heavy atom. The lowest BCUT2D eigenvalue weighted by molar-refractivity contribution is -0.201. The van der Waals surface area contributed by atoms with Crippen molar-refractivity contribution in [2.45, 2.75) is 12.3 Å². The highest BCUT2D eigenvalue weighted by Gasteiger charge is 2.38. The van der Waals surface area contributed by atoms with Crippen molar-refractivity contribution in [3.63, 3.8) is 0 Å². The van der Waals surface area contributed by atoms with Crippen LogP contribution in [-0.4, -0.2) is 39.9 Å². The number of amides is 1. The van der Waals surface area contributed by atoms with Crippen molar-refractivity contribution in [2.75, 3.05) is 6.54 Å². The zero-order valence-electron chi connectivity index (χ0n) is 8.40. The van der Waals surface area contributed by atoms with Crippen LogP contribution in [0.1, 0.15) is 10.5 Å². The van der Waals surface area contributed by atoms with Crippen LogP contribution in [0.4, 0.5) is 13.2 Å². The van der Waals surface area contributed by atoms with Crippen molar-refractivity contribution in [2.24, 2.45) is 0 Å². The summed E-state index contributed by atoms with van der Waals surface area (Å²) in [5.41, 5.74) is -0.401. The maximum absolute atomic E-state index is 11.9. The molecule has 0 saturated heterocycles. The molecule has 1 heterocycles. The Labute approximate surface area is 93.9 Å². The molecule has 1 amide bonds. The molecule has 1 atom stereocenters. The van der Waals surface area contributed by atoms with Crippen molar-refractivity contribution in [3.8, 4) is 5.75 Å². The first-order chi connectivity index (χ1) is 7.82. The number of nitrogens with one attached hydrogen (secondary N) is 1. The first-order valence-corrected chi connectivity index (χ1v) is 4.49. The first kappa shape index (κ1) is 13.2. The third kappa shape index (κ3) is 3.59. The average molecular weight is 250 g/mol. The Morgan fingerprint density at radius 3 is 2.71 bits per heavy atom. The summed E-state index contributed by atoms with van der Waals surface area (Å²) in [4.78, 5) is 14.8. The van der Waals surface area contributed by atoms with Crippen LogP contribution in [0.25, 0.3) is 0 Å². The predicted octanol–water partition coefficient (Wildman–Crippen LogP) is 0.440. The largest absolute Gasteiger partial charge is 0.505 e. The van der Waals surface area contributed by atoms with E-state index < -0.39 is 36.2 Å². The van der Waals surface area contributed by atoms with E-state index in [9.17, 15) is 23.1 Å². The van der Waals surface area contributed by atoms with E-state index in [-0.39, 0.29) is 0 Å². The molecule has 0 bridgehead atoms. The molecule has 8 heteroatoms. The van der Waals surface area contributed by atoms with Crippen molar-refractivity contribution >= 4 is 5.91 Å². The topological polar surface area (TPSA) is 82.5 Å². The van der Waals surface area contributed by atoms with Gasteiger partial charge < -0.3 is 15.5 Å². The fourth-order valence-electron chi connectivity index (χ4n) is 0.961. The fourth-order valence-corrected chi connectivity index (χ4v) is 0.961. The minimum Gasteiger partial charge on any atom is -0.505 e. The smallest absolute Gasteiger partial charge is 0.416 e. The molecule has 1 aromatic heterocycles. The van der Waals surface area contributed by atoms with Gasteiger partial charge in [0.15, 0.2) is 11.8 Å². The summed E-state index contributed by atoms with van der Waals surface area (Å²) in [6.07, 6.45) is -6.26. The number of aromatic nitrogens is 1. The first-order valence-electron chi connectivity index (χ1n) is 4.49. The van der Waals surface area contributed by atoms with Crippen LogP contribution in [0.15, 0.2) is 18.3 Å². The van der Waals surface area contributed by atoms with E-state index in [1.807, 2.05) is 5.32 Å². The van der Waals surface area contributed by atoms with E-state index in [1.54, 1.807) is 0 Å². The van der Waals surface area contributed by atoms with E-state index in [4.69, 9.17) is 5.11 Å². The van der Waals surface area contributed by atoms with Gasteiger partial charge in [-0.05, 0) is 12.1 Å². The van der Waals surface area contributed by atoms with Gasteiger partial charge in [-0.3, -0.25) is 4.79 Å². The summed E-state index contributed by atoms with van der Waals surface area (Å²) in [6, 6.07) is 2.53. The molecule has 0 aromatic carbocycles. The monoisotopic (exact) mass is 250 g/mol. The number of rotatable bonds is 3. The minimum absolute atomic E-state index is 0.401. The zero-order valence-corrected chi connectivity index (χ0v) is 8.40. The normalized spacial score (nSPS) is 13.2. The number of aromatic hydroxyl groups is 1. The molecule has 1 aromatic rings. The van der Waals surface area contributed by atoms with Gasteiger partial charge in [0.05, 0.1) is 6.54 Å². The second-order valence-electron chi connectivity index (χ2n) is 3.14. The SMILES string of the molecule is O=C(NCC(O)C(F)(F)F)c1ncccc1O. The number of pyridine rings is 1. The van der Waals surface area contributed by atoms with Gasteiger partial charge in [0.25, 0.3) is 5.91 Å². The number of aliphatic hydroxyl groups excluding tert-OH is 1. The maximum Gasteiger partial charge on any atom is 0.416 e. The number of nitrogens with zero attached hydrogens (tertiary/aromatic N) is 1. The van der Waals surface area contributed by atoms with Crippen molar-refractivity contribution in [1.29, 1.82) is 0 Å². The molecular weight excluding hydrogens is 241 g/mol. The van der Waals surface area contributed by atoms with Gasteiger partial charge >= 0.3 is 6.18 Å². The highest BCUT2D eigenvalue weighted by Crippen LogP contribution is 2.19. The molecule has 0 aliphatic rings. The van der Waals surface area contributed by atoms with E-state index >= 15 is 0 Å². The van der Waals surface area contributed by atoms with Crippen LogP contribution in [0, 0.1) is 0 Å². The van der Waals surface area contributed by atoms with Crippen molar-refractivity contribution in [1.82, 2.24) is 10.3 Å². The number of hydrogen-bond acceptors (Lipinski definition) is 4. The van der Waals surface area contributed by atoms with Gasteiger partial charge in [-0.1, -0.05) is 0 Å². The quantitative estimate of drug-likeness (QED) is 0.727. The Bertz CT molecular complexity index is 409. The van der Waals surface area contributed by atoms with Gasteiger partial charge in [-0.25, -0.2) is 4.98 Å². The van der Waals surface area contributed by atoms with Crippen LogP contribution in [0.5, 0.6) is 5.75 Å². The molecule has 0 radical (unpaired) electrons. The van der Waals surface area contributed by atoms with Crippen LogP contribution in [0.2, 0.25) is 0 Å². The van der Waals surface area contributed by atoms with Crippen LogP contribution >= 0.6 is 0 Å². The molecule has 3 N–H and O–H groups in total. The maximum atomic E-state index is 11.9. The fraction of sp³-hybridized carbons (Fsp3) is 0.333. The van der Waals surface area contributed by atoms with Gasteiger partial charge in [-0.15, -0.1) is 0 Å². The van der Waals surface area contributed by atoms with E-state index in [2.05, 4.69) is 4.98 Å². The summed E-state index contributed by atoms with van der Waals surface area (Å²) in [6.45, 7) is -1.00. The number of hydrogen-bond donors (Lipinski definition) is 3. The molecular formula is C9H9F3N2O3. The highest BCUT2D eigenvalue weighted by atomic mass is 19.4. The van der Waals surface area contributed by atoms with E-state index in [1.165, 1.54) is 18.3 Å². The highest BCUT2D eigenvalue weighted by molar-refractivity contribution is 5.94. The second-order valence-corrected chi connectivity index (χ2v) is 3.14. The molecule has 0 fully saturated rings. The zero-order chi connectivity index (χ0) is 13.1. The Hall–Kier alpha value is -1.83. The van der Waals surface area contributed by atoms with E-state index in [0.717, 1.165) is 0 Å². The Morgan fingerprint density at radius 1 is 1.53 bits per heavy atom. The standard InChI is InChI=1S/C9H9F3N2O3/c10-9(11,12)6(16)4-14-8(17)7-5(15)2-1-3-13-7/h1-3,6,15-16H,4H2,(H,14,17). The molecule has 0 saturated carbocycles. The molecule has 17 heavy (non-hydrogen) atoms. The minimum atomic E-state index is -4.81. The molecule has 1 unspecified atom stereocenters. The van der Waals surface area contributed by atoms with Crippen LogP contribution < -0.4 is 5.32 Å².